The summed E-state index contributed by atoms with van der Waals surface area (Å²) in [6.45, 7) is 4.93. The van der Waals surface area contributed by atoms with E-state index in [0.29, 0.717) is 29.6 Å². The molecule has 0 radical (unpaired) electrons. The van der Waals surface area contributed by atoms with Crippen LogP contribution >= 0.6 is 23.1 Å². The lowest BCUT2D eigenvalue weighted by Crippen LogP contribution is -2.25. The van der Waals surface area contributed by atoms with Gasteiger partial charge in [0.1, 0.15) is 10.4 Å². The van der Waals surface area contributed by atoms with Gasteiger partial charge in [-0.05, 0) is 73.9 Å². The molecule has 8 heteroatoms. The van der Waals surface area contributed by atoms with Gasteiger partial charge < -0.3 is 9.15 Å². The lowest BCUT2D eigenvalue weighted by atomic mass is 9.97. The number of aryl methyl sites for hydroxylation is 4. The highest BCUT2D eigenvalue weighted by molar-refractivity contribution is 7.98. The number of hydrogen-bond donors (Lipinski definition) is 0. The van der Waals surface area contributed by atoms with Gasteiger partial charge in [0, 0.05) is 29.2 Å². The molecule has 3 heterocycles. The Kier molecular flexibility index (Phi) is 6.16. The largest absolute Gasteiger partial charge is 0.423 e. The summed E-state index contributed by atoms with van der Waals surface area (Å²) in [6, 6.07) is 5.52. The second-order valence-electron chi connectivity index (χ2n) is 8.55. The number of thiophene rings is 1. The number of thioether (sulfide) groups is 1. The number of benzene rings is 1. The zero-order valence-corrected chi connectivity index (χ0v) is 20.7. The van der Waals surface area contributed by atoms with Crippen molar-refractivity contribution in [2.45, 2.75) is 57.0 Å². The first kappa shape index (κ1) is 22.4. The van der Waals surface area contributed by atoms with Gasteiger partial charge >= 0.3 is 5.63 Å². The standard InChI is InChI=1S/C25H26N2O4S2/c1-14-10-18-16(12-21(28)31-19(18)11-15(14)2)13-32-25-26-23-22(24(29)27(25)8-9-30-3)17-6-4-5-7-20(17)33-23/h10-12H,4-9,13H2,1-3H3. The number of ether oxygens (including phenoxy) is 1. The molecule has 1 aliphatic rings. The highest BCUT2D eigenvalue weighted by Crippen LogP contribution is 2.35. The zero-order chi connectivity index (χ0) is 23.1. The van der Waals surface area contributed by atoms with Crippen LogP contribution in [0.2, 0.25) is 0 Å². The van der Waals surface area contributed by atoms with Crippen LogP contribution in [-0.2, 0) is 29.9 Å². The Balaban J connectivity index is 1.58. The van der Waals surface area contributed by atoms with Crippen LogP contribution in [0.3, 0.4) is 0 Å². The SMILES string of the molecule is COCCn1c(SCc2cc(=O)oc3cc(C)c(C)cc23)nc2sc3c(c2c1=O)CCCC3. The van der Waals surface area contributed by atoms with Crippen LogP contribution in [-0.4, -0.2) is 23.3 Å². The fraction of sp³-hybridized carbons (Fsp3) is 0.400. The molecule has 172 valence electrons. The van der Waals surface area contributed by atoms with Gasteiger partial charge in [0.15, 0.2) is 5.16 Å². The molecule has 0 N–H and O–H groups in total. The van der Waals surface area contributed by atoms with Gasteiger partial charge in [0.05, 0.1) is 18.5 Å². The predicted molar refractivity (Wildman–Crippen MR) is 134 cm³/mol. The van der Waals surface area contributed by atoms with E-state index >= 15 is 0 Å². The molecule has 4 aromatic rings. The molecule has 1 aromatic carbocycles. The average Bonchev–Trinajstić information content (AvgIpc) is 3.16. The van der Waals surface area contributed by atoms with E-state index in [-0.39, 0.29) is 11.2 Å². The maximum atomic E-state index is 13.5. The van der Waals surface area contributed by atoms with E-state index in [2.05, 4.69) is 6.07 Å². The van der Waals surface area contributed by atoms with Crippen molar-refractivity contribution in [1.29, 1.82) is 0 Å². The minimum absolute atomic E-state index is 0.0165. The molecule has 0 atom stereocenters. The van der Waals surface area contributed by atoms with Gasteiger partial charge in [-0.2, -0.15) is 0 Å². The smallest absolute Gasteiger partial charge is 0.336 e. The average molecular weight is 483 g/mol. The molecule has 0 bridgehead atoms. The highest BCUT2D eigenvalue weighted by Gasteiger charge is 2.22. The third kappa shape index (κ3) is 4.16. The lowest BCUT2D eigenvalue weighted by Gasteiger charge is -2.14. The van der Waals surface area contributed by atoms with E-state index < -0.39 is 0 Å². The Bertz CT molecular complexity index is 1480. The quantitative estimate of drug-likeness (QED) is 0.219. The fourth-order valence-electron chi connectivity index (χ4n) is 4.45. The van der Waals surface area contributed by atoms with Gasteiger partial charge in [0.25, 0.3) is 5.56 Å². The van der Waals surface area contributed by atoms with Crippen molar-refractivity contribution in [3.8, 4) is 0 Å². The van der Waals surface area contributed by atoms with E-state index in [1.165, 1.54) is 28.6 Å². The molecule has 0 saturated heterocycles. The van der Waals surface area contributed by atoms with Crippen molar-refractivity contribution in [1.82, 2.24) is 9.55 Å². The van der Waals surface area contributed by atoms with Crippen LogP contribution < -0.4 is 11.2 Å². The molecular formula is C25H26N2O4S2. The van der Waals surface area contributed by atoms with E-state index in [1.807, 2.05) is 19.9 Å². The molecule has 5 rings (SSSR count). The number of hydrogen-bond acceptors (Lipinski definition) is 7. The summed E-state index contributed by atoms with van der Waals surface area (Å²) in [6.07, 6.45) is 4.27. The van der Waals surface area contributed by atoms with Gasteiger partial charge in [-0.3, -0.25) is 9.36 Å². The summed E-state index contributed by atoms with van der Waals surface area (Å²) in [4.78, 5) is 32.8. The summed E-state index contributed by atoms with van der Waals surface area (Å²) in [7, 11) is 1.63. The number of nitrogens with zero attached hydrogens (tertiary/aromatic N) is 2. The van der Waals surface area contributed by atoms with Crippen LogP contribution in [0.5, 0.6) is 0 Å². The summed E-state index contributed by atoms with van der Waals surface area (Å²) in [5.41, 5.74) is 4.54. The summed E-state index contributed by atoms with van der Waals surface area (Å²) in [5, 5.41) is 2.36. The third-order valence-electron chi connectivity index (χ3n) is 6.36. The monoisotopic (exact) mass is 482 g/mol. The highest BCUT2D eigenvalue weighted by atomic mass is 32.2. The number of methoxy groups -OCH3 is 1. The van der Waals surface area contributed by atoms with Crippen molar-refractivity contribution < 1.29 is 9.15 Å². The van der Waals surface area contributed by atoms with E-state index in [1.54, 1.807) is 29.1 Å². The molecule has 0 amide bonds. The Morgan fingerprint density at radius 1 is 1.15 bits per heavy atom. The van der Waals surface area contributed by atoms with Crippen molar-refractivity contribution >= 4 is 44.3 Å². The second-order valence-corrected chi connectivity index (χ2v) is 10.6. The molecule has 33 heavy (non-hydrogen) atoms. The molecule has 0 fully saturated rings. The maximum Gasteiger partial charge on any atom is 0.336 e. The molecule has 0 aliphatic heterocycles. The van der Waals surface area contributed by atoms with Gasteiger partial charge in [-0.25, -0.2) is 9.78 Å². The summed E-state index contributed by atoms with van der Waals surface area (Å²) in [5.74, 6) is 0.515. The third-order valence-corrected chi connectivity index (χ3v) is 8.57. The van der Waals surface area contributed by atoms with Crippen LogP contribution in [0.25, 0.3) is 21.2 Å². The Labute approximate surface area is 199 Å². The van der Waals surface area contributed by atoms with Crippen molar-refractivity contribution in [3.63, 3.8) is 0 Å². The summed E-state index contributed by atoms with van der Waals surface area (Å²) < 4.78 is 12.5. The van der Waals surface area contributed by atoms with Crippen LogP contribution in [0.4, 0.5) is 0 Å². The van der Waals surface area contributed by atoms with Gasteiger partial charge in [-0.15, -0.1) is 11.3 Å². The van der Waals surface area contributed by atoms with Gasteiger partial charge in [0.2, 0.25) is 0 Å². The van der Waals surface area contributed by atoms with Crippen molar-refractivity contribution in [2.24, 2.45) is 0 Å². The van der Waals surface area contributed by atoms with Crippen molar-refractivity contribution in [2.75, 3.05) is 13.7 Å². The minimum Gasteiger partial charge on any atom is -0.423 e. The minimum atomic E-state index is -0.368. The molecular weight excluding hydrogens is 456 g/mol. The van der Waals surface area contributed by atoms with Crippen LogP contribution in [0.15, 0.2) is 37.4 Å². The Morgan fingerprint density at radius 3 is 2.76 bits per heavy atom. The van der Waals surface area contributed by atoms with Crippen LogP contribution in [0.1, 0.15) is 40.0 Å². The zero-order valence-electron chi connectivity index (χ0n) is 19.0. The van der Waals surface area contributed by atoms with E-state index in [0.717, 1.165) is 51.6 Å². The number of aromatic nitrogens is 2. The topological polar surface area (TPSA) is 74.3 Å². The van der Waals surface area contributed by atoms with E-state index in [4.69, 9.17) is 14.1 Å². The number of fused-ring (bicyclic) bond motifs is 4. The first-order chi connectivity index (χ1) is 16.0. The summed E-state index contributed by atoms with van der Waals surface area (Å²) >= 11 is 3.14. The number of rotatable bonds is 6. The first-order valence-corrected chi connectivity index (χ1v) is 13.0. The fourth-order valence-corrected chi connectivity index (χ4v) is 6.77. The Hall–Kier alpha value is -2.42. The molecule has 0 spiro atoms. The molecule has 0 unspecified atom stereocenters. The van der Waals surface area contributed by atoms with E-state index in [9.17, 15) is 9.59 Å². The molecule has 1 aliphatic carbocycles. The molecule has 0 saturated carbocycles. The first-order valence-electron chi connectivity index (χ1n) is 11.2. The molecule has 6 nitrogen and oxygen atoms in total. The predicted octanol–water partition coefficient (Wildman–Crippen LogP) is 5.00. The van der Waals surface area contributed by atoms with Crippen LogP contribution in [0, 0.1) is 13.8 Å². The lowest BCUT2D eigenvalue weighted by molar-refractivity contribution is 0.183. The second kappa shape index (κ2) is 9.08. The maximum absolute atomic E-state index is 13.5. The van der Waals surface area contributed by atoms with Crippen molar-refractivity contribution in [3.05, 3.63) is 66.1 Å². The Morgan fingerprint density at radius 2 is 1.94 bits per heavy atom. The normalized spacial score (nSPS) is 13.7. The molecule has 3 aromatic heterocycles. The van der Waals surface area contributed by atoms with Gasteiger partial charge in [-0.1, -0.05) is 11.8 Å².